The van der Waals surface area contributed by atoms with Crippen LogP contribution in [0.2, 0.25) is 0 Å². The van der Waals surface area contributed by atoms with Crippen LogP contribution in [0.3, 0.4) is 0 Å². The maximum Gasteiger partial charge on any atom is 0.332 e. The van der Waals surface area contributed by atoms with Gasteiger partial charge in [-0.1, -0.05) is 6.58 Å². The van der Waals surface area contributed by atoms with Gasteiger partial charge in [-0.15, -0.1) is 0 Å². The molecule has 2 rings (SSSR count). The molecule has 2 fully saturated rings. The topological polar surface area (TPSA) is 78.3 Å². The highest BCUT2D eigenvalue weighted by Crippen LogP contribution is 2.44. The Kier molecular flexibility index (Phi) is 4.10. The fraction of sp³-hybridized carbons (Fsp3) is 0.750. The van der Waals surface area contributed by atoms with E-state index in [9.17, 15) is 4.79 Å². The highest BCUT2D eigenvalue weighted by atomic mass is 16.5. The third-order valence-electron chi connectivity index (χ3n) is 3.55. The quantitative estimate of drug-likeness (QED) is 0.515. The molecular formula is C12H22N2O2. The minimum absolute atomic E-state index is 0.0463. The first kappa shape index (κ1) is 13.2. The van der Waals surface area contributed by atoms with E-state index in [0.717, 1.165) is 5.92 Å². The molecule has 2 aliphatic carbocycles. The van der Waals surface area contributed by atoms with Gasteiger partial charge in [-0.05, 0) is 38.5 Å². The number of hydrogen-bond acceptors (Lipinski definition) is 4. The standard InChI is InChI=1S/C7H14N2.C5H8O2/c8-6-3-5-1-2-7(6,9)4-5;1-4(2)5(6)7-3/h5-6H,1-4,8-9H2;1H2,2-3H3. The molecule has 0 aromatic rings. The Morgan fingerprint density at radius 1 is 1.56 bits per heavy atom. The Morgan fingerprint density at radius 2 is 2.19 bits per heavy atom. The molecule has 0 aliphatic heterocycles. The number of methoxy groups -OCH3 is 1. The van der Waals surface area contributed by atoms with Crippen molar-refractivity contribution in [1.82, 2.24) is 0 Å². The first-order valence-corrected chi connectivity index (χ1v) is 5.67. The van der Waals surface area contributed by atoms with Crippen LogP contribution in [0, 0.1) is 5.92 Å². The molecule has 0 spiro atoms. The molecule has 0 amide bonds. The predicted octanol–water partition coefficient (Wildman–Crippen LogP) is 0.950. The maximum atomic E-state index is 10.2. The Balaban J connectivity index is 0.000000168. The summed E-state index contributed by atoms with van der Waals surface area (Å²) in [5.41, 5.74) is 12.3. The van der Waals surface area contributed by atoms with E-state index in [0.29, 0.717) is 11.6 Å². The number of nitrogens with two attached hydrogens (primary N) is 2. The van der Waals surface area contributed by atoms with E-state index in [2.05, 4.69) is 11.3 Å². The van der Waals surface area contributed by atoms with Crippen LogP contribution in [-0.2, 0) is 9.53 Å². The fourth-order valence-corrected chi connectivity index (χ4v) is 2.52. The van der Waals surface area contributed by atoms with Crippen molar-refractivity contribution in [2.45, 2.75) is 44.2 Å². The highest BCUT2D eigenvalue weighted by molar-refractivity contribution is 5.86. The van der Waals surface area contributed by atoms with Crippen LogP contribution < -0.4 is 11.5 Å². The number of ether oxygens (including phenoxy) is 1. The van der Waals surface area contributed by atoms with E-state index in [1.807, 2.05) is 0 Å². The van der Waals surface area contributed by atoms with E-state index in [1.165, 1.54) is 32.8 Å². The van der Waals surface area contributed by atoms with E-state index in [4.69, 9.17) is 11.5 Å². The lowest BCUT2D eigenvalue weighted by molar-refractivity contribution is -0.136. The molecule has 0 radical (unpaired) electrons. The van der Waals surface area contributed by atoms with Crippen LogP contribution in [0.25, 0.3) is 0 Å². The summed E-state index contributed by atoms with van der Waals surface area (Å²) in [6, 6.07) is 0.302. The zero-order valence-electron chi connectivity index (χ0n) is 10.2. The van der Waals surface area contributed by atoms with Gasteiger partial charge in [0.1, 0.15) is 0 Å². The van der Waals surface area contributed by atoms with Crippen molar-refractivity contribution in [2.24, 2.45) is 17.4 Å². The molecule has 3 atom stereocenters. The number of rotatable bonds is 1. The SMILES string of the molecule is C=C(C)C(=O)OC.NC1CC2CCC1(N)C2. The zero-order chi connectivity index (χ0) is 12.3. The zero-order valence-corrected chi connectivity index (χ0v) is 10.2. The fourth-order valence-electron chi connectivity index (χ4n) is 2.52. The van der Waals surface area contributed by atoms with Crippen LogP contribution in [-0.4, -0.2) is 24.7 Å². The van der Waals surface area contributed by atoms with E-state index >= 15 is 0 Å². The summed E-state index contributed by atoms with van der Waals surface area (Å²) in [5.74, 6) is 0.519. The average molecular weight is 226 g/mol. The average Bonchev–Trinajstić information content (AvgIpc) is 2.72. The molecule has 92 valence electrons. The Labute approximate surface area is 97.0 Å². The minimum Gasteiger partial charge on any atom is -0.466 e. The second-order valence-corrected chi connectivity index (χ2v) is 4.96. The number of esters is 1. The third-order valence-corrected chi connectivity index (χ3v) is 3.55. The van der Waals surface area contributed by atoms with E-state index in [-0.39, 0.29) is 11.5 Å². The lowest BCUT2D eigenvalue weighted by atomic mass is 9.90. The summed E-state index contributed by atoms with van der Waals surface area (Å²) in [5, 5.41) is 0. The summed E-state index contributed by atoms with van der Waals surface area (Å²) in [6.07, 6.45) is 4.85. The maximum absolute atomic E-state index is 10.2. The first-order chi connectivity index (χ1) is 7.39. The van der Waals surface area contributed by atoms with Gasteiger partial charge >= 0.3 is 5.97 Å². The monoisotopic (exact) mass is 226 g/mol. The van der Waals surface area contributed by atoms with Gasteiger partial charge in [0.05, 0.1) is 7.11 Å². The van der Waals surface area contributed by atoms with Crippen LogP contribution in [0.15, 0.2) is 12.2 Å². The van der Waals surface area contributed by atoms with Crippen molar-refractivity contribution in [3.63, 3.8) is 0 Å². The first-order valence-electron chi connectivity index (χ1n) is 5.67. The molecule has 4 N–H and O–H groups in total. The molecule has 4 heteroatoms. The number of carbonyl (C=O) groups excluding carboxylic acids is 1. The van der Waals surface area contributed by atoms with Crippen LogP contribution in [0.1, 0.15) is 32.6 Å². The molecular weight excluding hydrogens is 204 g/mol. The van der Waals surface area contributed by atoms with Crippen molar-refractivity contribution < 1.29 is 9.53 Å². The highest BCUT2D eigenvalue weighted by Gasteiger charge is 2.47. The Bertz CT molecular complexity index is 291. The van der Waals surface area contributed by atoms with E-state index < -0.39 is 0 Å². The van der Waals surface area contributed by atoms with Crippen molar-refractivity contribution in [1.29, 1.82) is 0 Å². The second-order valence-electron chi connectivity index (χ2n) is 4.96. The van der Waals surface area contributed by atoms with Crippen molar-refractivity contribution in [3.05, 3.63) is 12.2 Å². The van der Waals surface area contributed by atoms with Crippen LogP contribution >= 0.6 is 0 Å². The molecule has 4 nitrogen and oxygen atoms in total. The number of carbonyl (C=O) groups is 1. The molecule has 0 aromatic heterocycles. The second kappa shape index (κ2) is 4.97. The predicted molar refractivity (Wildman–Crippen MR) is 63.7 cm³/mol. The van der Waals surface area contributed by atoms with Gasteiger partial charge in [-0.2, -0.15) is 0 Å². The lowest BCUT2D eigenvalue weighted by Crippen LogP contribution is -2.50. The van der Waals surface area contributed by atoms with Crippen LogP contribution in [0.5, 0.6) is 0 Å². The van der Waals surface area contributed by atoms with Gasteiger partial charge in [-0.3, -0.25) is 0 Å². The number of hydrogen-bond donors (Lipinski definition) is 2. The van der Waals surface area contributed by atoms with Crippen molar-refractivity contribution in [3.8, 4) is 0 Å². The molecule has 0 aromatic carbocycles. The summed E-state index contributed by atoms with van der Waals surface area (Å²) in [4.78, 5) is 10.2. The largest absolute Gasteiger partial charge is 0.466 e. The van der Waals surface area contributed by atoms with Gasteiger partial charge < -0.3 is 16.2 Å². The van der Waals surface area contributed by atoms with Crippen molar-refractivity contribution in [2.75, 3.05) is 7.11 Å². The van der Waals surface area contributed by atoms with Gasteiger partial charge in [0, 0.05) is 17.2 Å². The molecule has 0 saturated heterocycles. The molecule has 0 heterocycles. The summed E-state index contributed by atoms with van der Waals surface area (Å²) in [6.45, 7) is 4.95. The normalized spacial score (nSPS) is 35.2. The summed E-state index contributed by atoms with van der Waals surface area (Å²) < 4.78 is 4.27. The van der Waals surface area contributed by atoms with E-state index in [1.54, 1.807) is 6.92 Å². The summed E-state index contributed by atoms with van der Waals surface area (Å²) in [7, 11) is 1.33. The molecule has 2 bridgehead atoms. The summed E-state index contributed by atoms with van der Waals surface area (Å²) >= 11 is 0. The number of fused-ring (bicyclic) bond motifs is 2. The minimum atomic E-state index is -0.347. The van der Waals surface area contributed by atoms with Crippen molar-refractivity contribution >= 4 is 5.97 Å². The molecule has 16 heavy (non-hydrogen) atoms. The smallest absolute Gasteiger partial charge is 0.332 e. The van der Waals surface area contributed by atoms with Gasteiger partial charge in [0.25, 0.3) is 0 Å². The Morgan fingerprint density at radius 3 is 2.31 bits per heavy atom. The van der Waals surface area contributed by atoms with Gasteiger partial charge in [0.2, 0.25) is 0 Å². The lowest BCUT2D eigenvalue weighted by Gasteiger charge is -2.27. The molecule has 3 unspecified atom stereocenters. The van der Waals surface area contributed by atoms with Gasteiger partial charge in [0.15, 0.2) is 0 Å². The Hall–Kier alpha value is -0.870. The molecule has 2 saturated carbocycles. The third kappa shape index (κ3) is 2.83. The van der Waals surface area contributed by atoms with Crippen LogP contribution in [0.4, 0.5) is 0 Å². The molecule has 2 aliphatic rings. The van der Waals surface area contributed by atoms with Gasteiger partial charge in [-0.25, -0.2) is 4.79 Å².